The van der Waals surface area contributed by atoms with Gasteiger partial charge >= 0.3 is 0 Å². The Balaban J connectivity index is 1.63. The van der Waals surface area contributed by atoms with Crippen molar-refractivity contribution in [2.75, 3.05) is 4.72 Å². The van der Waals surface area contributed by atoms with E-state index in [1.54, 1.807) is 22.9 Å². The first-order valence-corrected chi connectivity index (χ1v) is 11.2. The fourth-order valence-electron chi connectivity index (χ4n) is 3.42. The molecule has 2 heterocycles. The molecule has 0 spiro atoms. The fourth-order valence-corrected chi connectivity index (χ4v) is 4.48. The van der Waals surface area contributed by atoms with E-state index in [-0.39, 0.29) is 23.5 Å². The molecule has 0 unspecified atom stereocenters. The number of aryl methyl sites for hydroxylation is 2. The van der Waals surface area contributed by atoms with Gasteiger partial charge in [0, 0.05) is 30.2 Å². The molecular weight excluding hydrogens is 404 g/mol. The zero-order chi connectivity index (χ0) is 21.5. The smallest absolute Gasteiger partial charge is 0.281 e. The lowest BCUT2D eigenvalue weighted by Crippen LogP contribution is -2.29. The number of aromatic nitrogens is 3. The van der Waals surface area contributed by atoms with E-state index in [2.05, 4.69) is 26.1 Å². The quantitative estimate of drug-likeness (QED) is 0.533. The van der Waals surface area contributed by atoms with Crippen molar-refractivity contribution in [2.45, 2.75) is 50.7 Å². The maximum Gasteiger partial charge on any atom is 0.281 e. The van der Waals surface area contributed by atoms with Gasteiger partial charge in [-0.25, -0.2) is 4.98 Å². The van der Waals surface area contributed by atoms with Gasteiger partial charge < -0.3 is 14.9 Å². The summed E-state index contributed by atoms with van der Waals surface area (Å²) in [6.45, 7) is 3.74. The number of fused-ring (bicyclic) bond motifs is 1. The number of nitriles is 1. The molecule has 1 aliphatic rings. The highest BCUT2D eigenvalue weighted by Crippen LogP contribution is 2.30. The molecule has 0 bridgehead atoms. The van der Waals surface area contributed by atoms with Crippen molar-refractivity contribution in [1.29, 1.82) is 5.26 Å². The molecule has 1 aliphatic carbocycles. The maximum absolute atomic E-state index is 13.0. The van der Waals surface area contributed by atoms with Gasteiger partial charge in [-0.1, -0.05) is 13.0 Å². The molecule has 10 heteroatoms. The van der Waals surface area contributed by atoms with Crippen LogP contribution < -0.4 is 10.0 Å². The van der Waals surface area contributed by atoms with E-state index in [9.17, 15) is 18.5 Å². The van der Waals surface area contributed by atoms with Crippen LogP contribution in [0.5, 0.6) is 0 Å². The zero-order valence-electron chi connectivity index (χ0n) is 16.7. The largest absolute Gasteiger partial charge is 0.358 e. The summed E-state index contributed by atoms with van der Waals surface area (Å²) in [5, 5.41) is 12.7. The Bertz CT molecular complexity index is 1280. The van der Waals surface area contributed by atoms with Crippen LogP contribution in [-0.2, 0) is 27.8 Å². The zero-order valence-corrected chi connectivity index (χ0v) is 17.5. The van der Waals surface area contributed by atoms with E-state index in [1.807, 2.05) is 13.8 Å². The monoisotopic (exact) mass is 426 g/mol. The standard InChI is InChI=1S/C20H22N6O3S/c1-3-16-24-18(11-26(16)10-17(27)23-14-5-6-14)30(28,29)25-15-7-4-12(2)19-13(8-21)9-22-20(15)19/h4,7,9,11,14,22,25H,3,5-6,10H2,1-2H3,(H,23,27). The first kappa shape index (κ1) is 20.0. The van der Waals surface area contributed by atoms with Crippen molar-refractivity contribution >= 4 is 32.5 Å². The fraction of sp³-hybridized carbons (Fsp3) is 0.350. The van der Waals surface area contributed by atoms with Crippen molar-refractivity contribution in [3.8, 4) is 6.07 Å². The van der Waals surface area contributed by atoms with Crippen LogP contribution >= 0.6 is 0 Å². The second kappa shape index (κ2) is 7.50. The molecule has 30 heavy (non-hydrogen) atoms. The van der Waals surface area contributed by atoms with E-state index < -0.39 is 10.0 Å². The predicted octanol–water partition coefficient (Wildman–Crippen LogP) is 2.19. The lowest BCUT2D eigenvalue weighted by molar-refractivity contribution is -0.121. The number of hydrogen-bond acceptors (Lipinski definition) is 5. The molecule has 2 aromatic heterocycles. The van der Waals surface area contributed by atoms with Gasteiger partial charge in [-0.3, -0.25) is 9.52 Å². The first-order chi connectivity index (χ1) is 14.3. The molecule has 0 atom stereocenters. The summed E-state index contributed by atoms with van der Waals surface area (Å²) in [5.41, 5.74) is 2.18. The molecule has 9 nitrogen and oxygen atoms in total. The van der Waals surface area contributed by atoms with E-state index in [4.69, 9.17) is 0 Å². The number of carbonyl (C=O) groups is 1. The topological polar surface area (TPSA) is 133 Å². The van der Waals surface area contributed by atoms with Crippen LogP contribution in [0.25, 0.3) is 10.9 Å². The lowest BCUT2D eigenvalue weighted by atomic mass is 10.1. The average molecular weight is 427 g/mol. The number of carbonyl (C=O) groups excluding carboxylic acids is 1. The highest BCUT2D eigenvalue weighted by atomic mass is 32.2. The van der Waals surface area contributed by atoms with Crippen LogP contribution in [-0.4, -0.2) is 34.9 Å². The van der Waals surface area contributed by atoms with Gasteiger partial charge in [0.25, 0.3) is 10.0 Å². The number of aromatic amines is 1. The molecule has 156 valence electrons. The summed E-state index contributed by atoms with van der Waals surface area (Å²) in [4.78, 5) is 19.3. The van der Waals surface area contributed by atoms with E-state index in [0.717, 1.165) is 18.4 Å². The Morgan fingerprint density at radius 1 is 1.40 bits per heavy atom. The molecule has 1 amide bonds. The van der Waals surface area contributed by atoms with Gasteiger partial charge in [0.15, 0.2) is 5.03 Å². The summed E-state index contributed by atoms with van der Waals surface area (Å²) < 4.78 is 30.1. The van der Waals surface area contributed by atoms with E-state index in [0.29, 0.717) is 34.4 Å². The molecule has 0 saturated heterocycles. The predicted molar refractivity (Wildman–Crippen MR) is 111 cm³/mol. The summed E-state index contributed by atoms with van der Waals surface area (Å²) in [5.74, 6) is 0.360. The Morgan fingerprint density at radius 2 is 2.17 bits per heavy atom. The number of imidazole rings is 1. The van der Waals surface area contributed by atoms with Crippen molar-refractivity contribution < 1.29 is 13.2 Å². The second-order valence-electron chi connectivity index (χ2n) is 7.42. The molecular formula is C20H22N6O3S. The van der Waals surface area contributed by atoms with Crippen LogP contribution in [0.4, 0.5) is 5.69 Å². The molecule has 0 radical (unpaired) electrons. The summed E-state index contributed by atoms with van der Waals surface area (Å²) in [7, 11) is -3.99. The number of sulfonamides is 1. The number of benzene rings is 1. The van der Waals surface area contributed by atoms with Gasteiger partial charge in [-0.15, -0.1) is 0 Å². The average Bonchev–Trinajstić information content (AvgIpc) is 3.24. The van der Waals surface area contributed by atoms with Crippen molar-refractivity contribution in [2.24, 2.45) is 0 Å². The molecule has 4 rings (SSSR count). The molecule has 3 N–H and O–H groups in total. The van der Waals surface area contributed by atoms with Crippen LogP contribution in [0, 0.1) is 18.3 Å². The van der Waals surface area contributed by atoms with Crippen LogP contribution in [0.3, 0.4) is 0 Å². The maximum atomic E-state index is 13.0. The number of H-pyrrole nitrogens is 1. The Kier molecular flexibility index (Phi) is 4.99. The number of nitrogens with zero attached hydrogens (tertiary/aromatic N) is 3. The highest BCUT2D eigenvalue weighted by molar-refractivity contribution is 7.92. The minimum Gasteiger partial charge on any atom is -0.358 e. The van der Waals surface area contributed by atoms with Gasteiger partial charge in [0.05, 0.1) is 16.8 Å². The normalized spacial score (nSPS) is 13.9. The summed E-state index contributed by atoms with van der Waals surface area (Å²) in [6, 6.07) is 5.74. The Labute approximate surface area is 174 Å². The number of rotatable bonds is 7. The lowest BCUT2D eigenvalue weighted by Gasteiger charge is -2.08. The van der Waals surface area contributed by atoms with Crippen LogP contribution in [0.15, 0.2) is 29.6 Å². The minimum absolute atomic E-state index is 0.0269. The number of hydrogen-bond donors (Lipinski definition) is 3. The van der Waals surface area contributed by atoms with Crippen LogP contribution in [0.2, 0.25) is 0 Å². The SMILES string of the molecule is CCc1nc(S(=O)(=O)Nc2ccc(C)c3c(C#N)c[nH]c23)cn1CC(=O)NC1CC1. The third-order valence-electron chi connectivity index (χ3n) is 5.09. The number of nitrogens with one attached hydrogen (secondary N) is 3. The van der Waals surface area contributed by atoms with E-state index in [1.165, 1.54) is 6.20 Å². The molecule has 1 aromatic carbocycles. The highest BCUT2D eigenvalue weighted by Gasteiger charge is 2.25. The van der Waals surface area contributed by atoms with Gasteiger partial charge in [0.1, 0.15) is 18.4 Å². The van der Waals surface area contributed by atoms with Gasteiger partial charge in [-0.2, -0.15) is 13.7 Å². The van der Waals surface area contributed by atoms with Crippen molar-refractivity contribution in [3.63, 3.8) is 0 Å². The summed E-state index contributed by atoms with van der Waals surface area (Å²) >= 11 is 0. The van der Waals surface area contributed by atoms with E-state index >= 15 is 0 Å². The third-order valence-corrected chi connectivity index (χ3v) is 6.33. The minimum atomic E-state index is -3.99. The van der Waals surface area contributed by atoms with Gasteiger partial charge in [-0.05, 0) is 31.4 Å². The van der Waals surface area contributed by atoms with Crippen molar-refractivity contribution in [1.82, 2.24) is 19.9 Å². The van der Waals surface area contributed by atoms with Crippen LogP contribution in [0.1, 0.15) is 36.7 Å². The first-order valence-electron chi connectivity index (χ1n) is 9.71. The molecule has 1 saturated carbocycles. The number of amides is 1. The Morgan fingerprint density at radius 3 is 2.83 bits per heavy atom. The van der Waals surface area contributed by atoms with Crippen molar-refractivity contribution in [3.05, 3.63) is 41.5 Å². The Hall–Kier alpha value is -3.32. The third kappa shape index (κ3) is 3.76. The number of anilines is 1. The second-order valence-corrected chi connectivity index (χ2v) is 9.05. The summed E-state index contributed by atoms with van der Waals surface area (Å²) in [6.07, 6.45) is 5.39. The molecule has 3 aromatic rings. The molecule has 1 fully saturated rings. The molecule has 0 aliphatic heterocycles. The van der Waals surface area contributed by atoms with Gasteiger partial charge in [0.2, 0.25) is 5.91 Å².